The van der Waals surface area contributed by atoms with Crippen molar-refractivity contribution in [2.75, 3.05) is 46.0 Å². The fourth-order valence-corrected chi connectivity index (χ4v) is 3.08. The van der Waals surface area contributed by atoms with E-state index in [2.05, 4.69) is 36.0 Å². The van der Waals surface area contributed by atoms with Crippen LogP contribution in [0.3, 0.4) is 0 Å². The molecule has 1 aromatic carbocycles. The first-order chi connectivity index (χ1) is 9.65. The lowest BCUT2D eigenvalue weighted by atomic mass is 9.96. The zero-order chi connectivity index (χ0) is 14.4. The Labute approximate surface area is 123 Å². The standard InChI is InChI=1S/C17H29N3/c1-19-12-9-15(10-13-19)14-20(2)11-5-7-16-6-3-4-8-17(16)18/h3-4,6,8,15H,5,7,9-14,18H2,1-2H3. The summed E-state index contributed by atoms with van der Waals surface area (Å²) < 4.78 is 0. The predicted octanol–water partition coefficient (Wildman–Crippen LogP) is 2.47. The van der Waals surface area contributed by atoms with E-state index in [1.165, 1.54) is 51.0 Å². The molecule has 0 saturated carbocycles. The van der Waals surface area contributed by atoms with Crippen LogP contribution in [-0.4, -0.2) is 50.1 Å². The highest BCUT2D eigenvalue weighted by atomic mass is 15.1. The highest BCUT2D eigenvalue weighted by Gasteiger charge is 2.17. The van der Waals surface area contributed by atoms with Gasteiger partial charge in [0.1, 0.15) is 0 Å². The molecule has 0 spiro atoms. The Morgan fingerprint density at radius 3 is 2.65 bits per heavy atom. The van der Waals surface area contributed by atoms with E-state index in [0.717, 1.165) is 18.0 Å². The van der Waals surface area contributed by atoms with Gasteiger partial charge in [-0.2, -0.15) is 0 Å². The third kappa shape index (κ3) is 4.80. The Balaban J connectivity index is 1.65. The number of benzene rings is 1. The minimum absolute atomic E-state index is 0.887. The molecular weight excluding hydrogens is 246 g/mol. The van der Waals surface area contributed by atoms with Gasteiger partial charge < -0.3 is 15.5 Å². The number of rotatable bonds is 6. The summed E-state index contributed by atoms with van der Waals surface area (Å²) in [7, 11) is 4.48. The summed E-state index contributed by atoms with van der Waals surface area (Å²) in [4.78, 5) is 4.93. The average Bonchev–Trinajstić information content (AvgIpc) is 2.43. The van der Waals surface area contributed by atoms with Gasteiger partial charge in [-0.3, -0.25) is 0 Å². The first-order valence-electron chi connectivity index (χ1n) is 7.85. The molecule has 1 aliphatic rings. The van der Waals surface area contributed by atoms with Crippen molar-refractivity contribution >= 4 is 5.69 Å². The van der Waals surface area contributed by atoms with E-state index in [-0.39, 0.29) is 0 Å². The Hall–Kier alpha value is -1.06. The summed E-state index contributed by atoms with van der Waals surface area (Å²) in [5.41, 5.74) is 8.21. The molecule has 0 unspecified atom stereocenters. The number of hydrogen-bond donors (Lipinski definition) is 1. The van der Waals surface area contributed by atoms with Crippen LogP contribution in [0.2, 0.25) is 0 Å². The molecule has 1 aromatic rings. The van der Waals surface area contributed by atoms with Gasteiger partial charge in [0, 0.05) is 12.2 Å². The van der Waals surface area contributed by atoms with E-state index >= 15 is 0 Å². The van der Waals surface area contributed by atoms with Crippen LogP contribution in [0, 0.1) is 5.92 Å². The molecule has 1 heterocycles. The second kappa shape index (κ2) is 7.65. The number of nitrogens with two attached hydrogens (primary N) is 1. The normalized spacial score (nSPS) is 17.8. The summed E-state index contributed by atoms with van der Waals surface area (Å²) in [6, 6.07) is 8.23. The summed E-state index contributed by atoms with van der Waals surface area (Å²) >= 11 is 0. The number of nitrogens with zero attached hydrogens (tertiary/aromatic N) is 2. The average molecular weight is 275 g/mol. The summed E-state index contributed by atoms with van der Waals surface area (Å²) in [5.74, 6) is 0.887. The molecule has 2 N–H and O–H groups in total. The Morgan fingerprint density at radius 2 is 1.95 bits per heavy atom. The van der Waals surface area contributed by atoms with Crippen LogP contribution in [0.15, 0.2) is 24.3 Å². The zero-order valence-electron chi connectivity index (χ0n) is 13.0. The lowest BCUT2D eigenvalue weighted by Crippen LogP contribution is -2.36. The maximum atomic E-state index is 5.98. The molecule has 3 heteroatoms. The third-order valence-corrected chi connectivity index (χ3v) is 4.45. The highest BCUT2D eigenvalue weighted by Crippen LogP contribution is 2.17. The highest BCUT2D eigenvalue weighted by molar-refractivity contribution is 5.46. The molecule has 0 aliphatic carbocycles. The van der Waals surface area contributed by atoms with Gasteiger partial charge in [0.2, 0.25) is 0 Å². The van der Waals surface area contributed by atoms with E-state index in [9.17, 15) is 0 Å². The van der Waals surface area contributed by atoms with Gasteiger partial charge in [0.05, 0.1) is 0 Å². The van der Waals surface area contributed by atoms with Gasteiger partial charge in [-0.05, 0) is 77.0 Å². The van der Waals surface area contributed by atoms with Crippen molar-refractivity contribution in [3.8, 4) is 0 Å². The van der Waals surface area contributed by atoms with Crippen molar-refractivity contribution in [3.63, 3.8) is 0 Å². The van der Waals surface area contributed by atoms with Gasteiger partial charge in [-0.25, -0.2) is 0 Å². The van der Waals surface area contributed by atoms with E-state index in [1.54, 1.807) is 0 Å². The topological polar surface area (TPSA) is 32.5 Å². The number of anilines is 1. The van der Waals surface area contributed by atoms with E-state index in [0.29, 0.717) is 0 Å². The van der Waals surface area contributed by atoms with E-state index < -0.39 is 0 Å². The number of likely N-dealkylation sites (tertiary alicyclic amines) is 1. The van der Waals surface area contributed by atoms with Crippen molar-refractivity contribution in [1.29, 1.82) is 0 Å². The van der Waals surface area contributed by atoms with Gasteiger partial charge >= 0.3 is 0 Å². The first-order valence-corrected chi connectivity index (χ1v) is 7.85. The van der Waals surface area contributed by atoms with Crippen LogP contribution in [0.5, 0.6) is 0 Å². The fraction of sp³-hybridized carbons (Fsp3) is 0.647. The maximum absolute atomic E-state index is 5.98. The van der Waals surface area contributed by atoms with E-state index in [4.69, 9.17) is 5.73 Å². The molecular formula is C17H29N3. The predicted molar refractivity (Wildman–Crippen MR) is 86.9 cm³/mol. The van der Waals surface area contributed by atoms with Gasteiger partial charge in [0.15, 0.2) is 0 Å². The number of piperidine rings is 1. The Morgan fingerprint density at radius 1 is 1.25 bits per heavy atom. The van der Waals surface area contributed by atoms with Crippen LogP contribution in [0.25, 0.3) is 0 Å². The van der Waals surface area contributed by atoms with Crippen LogP contribution in [0.1, 0.15) is 24.8 Å². The molecule has 1 aliphatic heterocycles. The molecule has 0 bridgehead atoms. The second-order valence-electron chi connectivity index (χ2n) is 6.31. The van der Waals surface area contributed by atoms with Crippen LogP contribution in [0.4, 0.5) is 5.69 Å². The van der Waals surface area contributed by atoms with Gasteiger partial charge in [-0.1, -0.05) is 18.2 Å². The Kier molecular flexibility index (Phi) is 5.86. The molecule has 0 radical (unpaired) electrons. The van der Waals surface area contributed by atoms with Crippen molar-refractivity contribution < 1.29 is 0 Å². The minimum Gasteiger partial charge on any atom is -0.399 e. The number of para-hydroxylation sites is 1. The molecule has 3 nitrogen and oxygen atoms in total. The third-order valence-electron chi connectivity index (χ3n) is 4.45. The quantitative estimate of drug-likeness (QED) is 0.810. The SMILES string of the molecule is CN1CCC(CN(C)CCCc2ccccc2N)CC1. The molecule has 1 fully saturated rings. The summed E-state index contributed by atoms with van der Waals surface area (Å²) in [6.45, 7) is 4.94. The summed E-state index contributed by atoms with van der Waals surface area (Å²) in [5, 5.41) is 0. The van der Waals surface area contributed by atoms with Crippen molar-refractivity contribution in [3.05, 3.63) is 29.8 Å². The monoisotopic (exact) mass is 275 g/mol. The smallest absolute Gasteiger partial charge is 0.0346 e. The van der Waals surface area contributed by atoms with Crippen LogP contribution >= 0.6 is 0 Å². The molecule has 112 valence electrons. The molecule has 2 rings (SSSR count). The molecule has 0 atom stereocenters. The lowest BCUT2D eigenvalue weighted by Gasteiger charge is -2.31. The molecule has 20 heavy (non-hydrogen) atoms. The number of nitrogen functional groups attached to an aromatic ring is 1. The van der Waals surface area contributed by atoms with Crippen LogP contribution in [-0.2, 0) is 6.42 Å². The minimum atomic E-state index is 0.887. The van der Waals surface area contributed by atoms with Crippen molar-refractivity contribution in [2.24, 2.45) is 5.92 Å². The molecule has 1 saturated heterocycles. The number of hydrogen-bond acceptors (Lipinski definition) is 3. The zero-order valence-corrected chi connectivity index (χ0v) is 13.0. The second-order valence-corrected chi connectivity index (χ2v) is 6.31. The maximum Gasteiger partial charge on any atom is 0.0346 e. The Bertz CT molecular complexity index is 397. The van der Waals surface area contributed by atoms with Crippen LogP contribution < -0.4 is 5.73 Å². The fourth-order valence-electron chi connectivity index (χ4n) is 3.08. The van der Waals surface area contributed by atoms with E-state index in [1.807, 2.05) is 12.1 Å². The molecule has 0 aromatic heterocycles. The van der Waals surface area contributed by atoms with Crippen molar-refractivity contribution in [1.82, 2.24) is 9.80 Å². The first kappa shape index (κ1) is 15.3. The van der Waals surface area contributed by atoms with Crippen molar-refractivity contribution in [2.45, 2.75) is 25.7 Å². The van der Waals surface area contributed by atoms with Gasteiger partial charge in [0.25, 0.3) is 0 Å². The molecule has 0 amide bonds. The largest absolute Gasteiger partial charge is 0.399 e. The number of aryl methyl sites for hydroxylation is 1. The van der Waals surface area contributed by atoms with Gasteiger partial charge in [-0.15, -0.1) is 0 Å². The summed E-state index contributed by atoms with van der Waals surface area (Å²) in [6.07, 6.45) is 4.99. The lowest BCUT2D eigenvalue weighted by molar-refractivity contribution is 0.175.